The Morgan fingerprint density at radius 2 is 1.51 bits per heavy atom. The van der Waals surface area contributed by atoms with Crippen LogP contribution in [0.1, 0.15) is 48.9 Å². The number of hydrogen-bond donors (Lipinski definition) is 1. The minimum atomic E-state index is -0.611. The first-order valence-electron chi connectivity index (χ1n) is 15.1. The average molecular weight is 570 g/mol. The van der Waals surface area contributed by atoms with Crippen LogP contribution in [0.5, 0.6) is 0 Å². The van der Waals surface area contributed by atoms with Crippen LogP contribution in [0.25, 0.3) is 0 Å². The van der Waals surface area contributed by atoms with E-state index in [1.54, 1.807) is 21.9 Å². The minimum Gasteiger partial charge on any atom is -0.377 e. The second-order valence-electron chi connectivity index (χ2n) is 11.4. The number of rotatable bonds is 3. The van der Waals surface area contributed by atoms with Gasteiger partial charge in [0.15, 0.2) is 0 Å². The SMILES string of the molecule is O=C1NCCOCCOCC(=O)N(C2CCN(C(=O)c3ccccc3)CC2)CC(=O)N2CCN(C3CCCC3)C[C@@H]12. The smallest absolute Gasteiger partial charge is 0.253 e. The Kier molecular flexibility index (Phi) is 10.2. The number of nitrogens with one attached hydrogen (secondary N) is 1. The minimum absolute atomic E-state index is 0.0270. The monoisotopic (exact) mass is 569 g/mol. The lowest BCUT2D eigenvalue weighted by molar-refractivity contribution is -0.151. The summed E-state index contributed by atoms with van der Waals surface area (Å²) in [5.74, 6) is -0.688. The molecule has 4 amide bonds. The summed E-state index contributed by atoms with van der Waals surface area (Å²) < 4.78 is 11.2. The fourth-order valence-corrected chi connectivity index (χ4v) is 6.56. The molecule has 0 unspecified atom stereocenters. The van der Waals surface area contributed by atoms with E-state index in [4.69, 9.17) is 9.47 Å². The first kappa shape index (κ1) is 29.5. The molecule has 0 bridgehead atoms. The van der Waals surface area contributed by atoms with Gasteiger partial charge in [-0.1, -0.05) is 31.0 Å². The molecule has 1 aliphatic carbocycles. The van der Waals surface area contributed by atoms with Crippen molar-refractivity contribution in [2.75, 3.05) is 72.2 Å². The number of ether oxygens (including phenoxy) is 2. The summed E-state index contributed by atoms with van der Waals surface area (Å²) in [6, 6.07) is 8.83. The largest absolute Gasteiger partial charge is 0.377 e. The number of carbonyl (C=O) groups is 4. The molecule has 1 atom stereocenters. The molecule has 11 nitrogen and oxygen atoms in total. The number of piperidine rings is 1. The maximum Gasteiger partial charge on any atom is 0.253 e. The molecule has 224 valence electrons. The first-order chi connectivity index (χ1) is 20.0. The van der Waals surface area contributed by atoms with Gasteiger partial charge in [0.2, 0.25) is 17.7 Å². The predicted octanol–water partition coefficient (Wildman–Crippen LogP) is 0.738. The van der Waals surface area contributed by atoms with Gasteiger partial charge in [-0.15, -0.1) is 0 Å². The third-order valence-corrected chi connectivity index (χ3v) is 8.86. The highest BCUT2D eigenvalue weighted by molar-refractivity contribution is 5.94. The summed E-state index contributed by atoms with van der Waals surface area (Å²) in [6.07, 6.45) is 5.80. The van der Waals surface area contributed by atoms with E-state index < -0.39 is 6.04 Å². The van der Waals surface area contributed by atoms with Crippen molar-refractivity contribution in [2.24, 2.45) is 0 Å². The molecule has 5 rings (SSSR count). The third kappa shape index (κ3) is 7.44. The molecule has 1 aromatic carbocycles. The van der Waals surface area contributed by atoms with Crippen LogP contribution in [0.15, 0.2) is 30.3 Å². The molecule has 1 saturated carbocycles. The van der Waals surface area contributed by atoms with Crippen molar-refractivity contribution < 1.29 is 28.7 Å². The number of likely N-dealkylation sites (tertiary alicyclic amines) is 1. The molecule has 1 N–H and O–H groups in total. The molecule has 0 radical (unpaired) electrons. The Balaban J connectivity index is 1.29. The molecule has 0 aromatic heterocycles. The van der Waals surface area contributed by atoms with E-state index in [-0.39, 0.29) is 49.4 Å². The zero-order chi connectivity index (χ0) is 28.6. The topological polar surface area (TPSA) is 112 Å². The summed E-state index contributed by atoms with van der Waals surface area (Å²) >= 11 is 0. The third-order valence-electron chi connectivity index (χ3n) is 8.86. The lowest BCUT2D eigenvalue weighted by Crippen LogP contribution is -2.64. The van der Waals surface area contributed by atoms with Gasteiger partial charge in [0.25, 0.3) is 5.91 Å². The van der Waals surface area contributed by atoms with Crippen molar-refractivity contribution in [3.8, 4) is 0 Å². The summed E-state index contributed by atoms with van der Waals surface area (Å²) in [6.45, 7) is 3.66. The molecule has 3 aliphatic heterocycles. The van der Waals surface area contributed by atoms with E-state index in [9.17, 15) is 19.2 Å². The second kappa shape index (κ2) is 14.2. The standard InChI is InChI=1S/C30H43N5O6/c36-27-21-35(25-10-13-32(14-11-25)30(39)23-6-2-1-3-7-23)28(37)22-41-19-18-40-17-12-31-29(38)26-20-33(15-16-34(26)27)24-8-4-5-9-24/h1-3,6-7,24-26H,4-5,8-22H2,(H,31,38)/t26-/m0/s1. The number of nitrogens with zero attached hydrogens (tertiary/aromatic N) is 4. The molecule has 3 saturated heterocycles. The van der Waals surface area contributed by atoms with Gasteiger partial charge in [0.05, 0.1) is 19.8 Å². The lowest BCUT2D eigenvalue weighted by Gasteiger charge is -2.44. The highest BCUT2D eigenvalue weighted by atomic mass is 16.5. The summed E-state index contributed by atoms with van der Waals surface area (Å²) in [5.41, 5.74) is 0.642. The van der Waals surface area contributed by atoms with Crippen LogP contribution in [0.2, 0.25) is 0 Å². The number of piperazine rings is 1. The van der Waals surface area contributed by atoms with Gasteiger partial charge in [-0.25, -0.2) is 0 Å². The number of fused-ring (bicyclic) bond motifs is 1. The molecule has 4 fully saturated rings. The van der Waals surface area contributed by atoms with Crippen LogP contribution < -0.4 is 5.32 Å². The molecular formula is C30H43N5O6. The highest BCUT2D eigenvalue weighted by Gasteiger charge is 2.40. The number of carbonyl (C=O) groups excluding carboxylic acids is 4. The summed E-state index contributed by atoms with van der Waals surface area (Å²) in [5, 5.41) is 2.95. The molecular weight excluding hydrogens is 526 g/mol. The first-order valence-corrected chi connectivity index (χ1v) is 15.1. The van der Waals surface area contributed by atoms with E-state index in [1.807, 2.05) is 23.1 Å². The lowest BCUT2D eigenvalue weighted by atomic mass is 10.0. The zero-order valence-electron chi connectivity index (χ0n) is 23.9. The number of hydrogen-bond acceptors (Lipinski definition) is 7. The Labute approximate surface area is 242 Å². The number of benzene rings is 1. The molecule has 3 heterocycles. The van der Waals surface area contributed by atoms with Crippen LogP contribution in [0.3, 0.4) is 0 Å². The van der Waals surface area contributed by atoms with Crippen molar-refractivity contribution in [3.63, 3.8) is 0 Å². The maximum atomic E-state index is 13.8. The Morgan fingerprint density at radius 3 is 2.27 bits per heavy atom. The van der Waals surface area contributed by atoms with Crippen molar-refractivity contribution in [2.45, 2.75) is 56.7 Å². The van der Waals surface area contributed by atoms with Crippen molar-refractivity contribution in [1.82, 2.24) is 24.9 Å². The fourth-order valence-electron chi connectivity index (χ4n) is 6.56. The Hall–Kier alpha value is -3.02. The van der Waals surface area contributed by atoms with E-state index >= 15 is 0 Å². The second-order valence-corrected chi connectivity index (χ2v) is 11.4. The Bertz CT molecular complexity index is 1060. The highest BCUT2D eigenvalue weighted by Crippen LogP contribution is 2.26. The zero-order valence-corrected chi connectivity index (χ0v) is 23.9. The van der Waals surface area contributed by atoms with Gasteiger partial charge in [0.1, 0.15) is 19.2 Å². The van der Waals surface area contributed by atoms with Gasteiger partial charge in [0, 0.05) is 56.9 Å². The van der Waals surface area contributed by atoms with Gasteiger partial charge in [-0.3, -0.25) is 24.1 Å². The van der Waals surface area contributed by atoms with Gasteiger partial charge in [-0.2, -0.15) is 0 Å². The van der Waals surface area contributed by atoms with Gasteiger partial charge >= 0.3 is 0 Å². The quantitative estimate of drug-likeness (QED) is 0.572. The van der Waals surface area contributed by atoms with Crippen LogP contribution in [-0.2, 0) is 23.9 Å². The Morgan fingerprint density at radius 1 is 0.780 bits per heavy atom. The molecule has 1 aromatic rings. The molecule has 0 spiro atoms. The van der Waals surface area contributed by atoms with E-state index in [2.05, 4.69) is 10.2 Å². The van der Waals surface area contributed by atoms with Crippen molar-refractivity contribution >= 4 is 23.6 Å². The summed E-state index contributed by atoms with van der Waals surface area (Å²) in [4.78, 5) is 61.0. The summed E-state index contributed by atoms with van der Waals surface area (Å²) in [7, 11) is 0. The van der Waals surface area contributed by atoms with E-state index in [1.165, 1.54) is 12.8 Å². The van der Waals surface area contributed by atoms with Crippen LogP contribution in [0, 0.1) is 0 Å². The average Bonchev–Trinajstić information content (AvgIpc) is 3.55. The van der Waals surface area contributed by atoms with Crippen molar-refractivity contribution in [1.29, 1.82) is 0 Å². The van der Waals surface area contributed by atoms with E-state index in [0.717, 1.165) is 19.4 Å². The van der Waals surface area contributed by atoms with Crippen LogP contribution in [0.4, 0.5) is 0 Å². The van der Waals surface area contributed by atoms with E-state index in [0.29, 0.717) is 70.4 Å². The van der Waals surface area contributed by atoms with Crippen LogP contribution in [-0.4, -0.2) is 134 Å². The van der Waals surface area contributed by atoms with Gasteiger partial charge in [-0.05, 0) is 37.8 Å². The van der Waals surface area contributed by atoms with Crippen LogP contribution >= 0.6 is 0 Å². The van der Waals surface area contributed by atoms with Crippen molar-refractivity contribution in [3.05, 3.63) is 35.9 Å². The predicted molar refractivity (Wildman–Crippen MR) is 151 cm³/mol. The molecule has 41 heavy (non-hydrogen) atoms. The molecule has 4 aliphatic rings. The fraction of sp³-hybridized carbons (Fsp3) is 0.667. The van der Waals surface area contributed by atoms with Gasteiger partial charge < -0.3 is 29.5 Å². The maximum absolute atomic E-state index is 13.8. The number of amides is 4. The molecule has 11 heteroatoms. The normalized spacial score (nSPS) is 25.4.